The summed E-state index contributed by atoms with van der Waals surface area (Å²) >= 11 is 0. The molecule has 1 aromatic heterocycles. The summed E-state index contributed by atoms with van der Waals surface area (Å²) in [6.07, 6.45) is 5.58. The molecule has 4 rings (SSSR count). The van der Waals surface area contributed by atoms with Crippen molar-refractivity contribution in [2.24, 2.45) is 0 Å². The van der Waals surface area contributed by atoms with E-state index in [1.807, 2.05) is 24.3 Å². The Kier molecular flexibility index (Phi) is 2.96. The molecule has 1 fully saturated rings. The maximum Gasteiger partial charge on any atom is 0.166 e. The van der Waals surface area contributed by atoms with Crippen LogP contribution in [0, 0.1) is 0 Å². The average molecular weight is 284 g/mol. The third-order valence-corrected chi connectivity index (χ3v) is 4.78. The zero-order valence-corrected chi connectivity index (χ0v) is 12.1. The van der Waals surface area contributed by atoms with Crippen LogP contribution in [0.3, 0.4) is 0 Å². The van der Waals surface area contributed by atoms with Crippen LogP contribution in [0.4, 0.5) is 5.69 Å². The molecule has 1 aliphatic heterocycles. The fraction of sp³-hybridized carbons (Fsp3) is 0.500. The average Bonchev–Trinajstić information content (AvgIpc) is 3.07. The number of nitrogen functional groups attached to an aromatic ring is 1. The minimum absolute atomic E-state index is 0.0208. The lowest BCUT2D eigenvalue weighted by molar-refractivity contribution is 0.0691. The summed E-state index contributed by atoms with van der Waals surface area (Å²) in [6, 6.07) is 7.90. The fourth-order valence-electron chi connectivity index (χ4n) is 3.74. The van der Waals surface area contributed by atoms with Crippen LogP contribution in [0.25, 0.3) is 11.4 Å². The Hall–Kier alpha value is -1.88. The van der Waals surface area contributed by atoms with Crippen molar-refractivity contribution < 1.29 is 4.74 Å². The first-order chi connectivity index (χ1) is 10.3. The summed E-state index contributed by atoms with van der Waals surface area (Å²) in [5.41, 5.74) is 7.91. The van der Waals surface area contributed by atoms with Gasteiger partial charge in [0.25, 0.3) is 0 Å². The van der Waals surface area contributed by atoms with Crippen molar-refractivity contribution in [2.45, 2.75) is 37.6 Å². The van der Waals surface area contributed by atoms with Crippen molar-refractivity contribution in [3.8, 4) is 11.4 Å². The van der Waals surface area contributed by atoms with Gasteiger partial charge >= 0.3 is 0 Å². The van der Waals surface area contributed by atoms with E-state index in [0.717, 1.165) is 55.4 Å². The van der Waals surface area contributed by atoms with E-state index in [1.54, 1.807) is 0 Å². The molecule has 1 aliphatic carbocycles. The molecule has 1 saturated carbocycles. The summed E-state index contributed by atoms with van der Waals surface area (Å²) in [6.45, 7) is 1.49. The summed E-state index contributed by atoms with van der Waals surface area (Å²) in [5.74, 6) is 1.93. The number of fused-ring (bicyclic) bond motifs is 2. The lowest BCUT2D eigenvalue weighted by atomic mass is 9.97. The minimum Gasteiger partial charge on any atom is -0.398 e. The van der Waals surface area contributed by atoms with Gasteiger partial charge in [-0.3, -0.25) is 0 Å². The van der Waals surface area contributed by atoms with E-state index < -0.39 is 0 Å². The first-order valence-electron chi connectivity index (χ1n) is 7.68. The molecule has 2 heterocycles. The van der Waals surface area contributed by atoms with Crippen molar-refractivity contribution in [3.05, 3.63) is 30.1 Å². The molecule has 0 radical (unpaired) electrons. The molecular formula is C16H20N4O. The number of aromatic nitrogens is 3. The van der Waals surface area contributed by atoms with Gasteiger partial charge in [0, 0.05) is 17.7 Å². The molecule has 2 aliphatic rings. The Balaban J connectivity index is 1.92. The molecule has 1 spiro atoms. The normalized spacial score (nSPS) is 20.4. The highest BCUT2D eigenvalue weighted by molar-refractivity contribution is 5.71. The number of benzene rings is 1. The lowest BCUT2D eigenvalue weighted by Gasteiger charge is -2.31. The molecule has 2 N–H and O–H groups in total. The van der Waals surface area contributed by atoms with Gasteiger partial charge in [0.15, 0.2) is 5.82 Å². The summed E-state index contributed by atoms with van der Waals surface area (Å²) in [5, 5.41) is 8.90. The monoisotopic (exact) mass is 284 g/mol. The first kappa shape index (κ1) is 12.8. The predicted octanol–water partition coefficient (Wildman–Crippen LogP) is 2.37. The van der Waals surface area contributed by atoms with Crippen molar-refractivity contribution in [1.82, 2.24) is 14.8 Å². The van der Waals surface area contributed by atoms with E-state index in [9.17, 15) is 0 Å². The first-order valence-corrected chi connectivity index (χ1v) is 7.68. The smallest absolute Gasteiger partial charge is 0.166 e. The topological polar surface area (TPSA) is 66.0 Å². The van der Waals surface area contributed by atoms with Gasteiger partial charge in [-0.05, 0) is 25.0 Å². The fourth-order valence-corrected chi connectivity index (χ4v) is 3.74. The Labute approximate surface area is 124 Å². The highest BCUT2D eigenvalue weighted by Crippen LogP contribution is 2.42. The standard InChI is InChI=1S/C16H20N4O/c17-13-6-2-1-5-12(13)15-19-18-14-7-10-21-11-16(20(14)15)8-3-4-9-16/h1-2,5-6H,3-4,7-11,17H2. The predicted molar refractivity (Wildman–Crippen MR) is 80.8 cm³/mol. The summed E-state index contributed by atoms with van der Waals surface area (Å²) in [7, 11) is 0. The van der Waals surface area contributed by atoms with Gasteiger partial charge in [-0.2, -0.15) is 0 Å². The van der Waals surface area contributed by atoms with Gasteiger partial charge in [-0.1, -0.05) is 25.0 Å². The van der Waals surface area contributed by atoms with Crippen LogP contribution < -0.4 is 5.73 Å². The Morgan fingerprint density at radius 1 is 1.14 bits per heavy atom. The van der Waals surface area contributed by atoms with E-state index in [4.69, 9.17) is 10.5 Å². The summed E-state index contributed by atoms with van der Waals surface area (Å²) in [4.78, 5) is 0. The second-order valence-corrected chi connectivity index (χ2v) is 6.10. The molecule has 5 nitrogen and oxygen atoms in total. The highest BCUT2D eigenvalue weighted by Gasteiger charge is 2.41. The number of para-hydroxylation sites is 1. The Morgan fingerprint density at radius 3 is 2.76 bits per heavy atom. The zero-order chi connectivity index (χ0) is 14.3. The van der Waals surface area contributed by atoms with E-state index >= 15 is 0 Å². The van der Waals surface area contributed by atoms with Gasteiger partial charge in [-0.15, -0.1) is 10.2 Å². The van der Waals surface area contributed by atoms with E-state index in [1.165, 1.54) is 12.8 Å². The van der Waals surface area contributed by atoms with Crippen LogP contribution >= 0.6 is 0 Å². The molecule has 1 aromatic carbocycles. The molecule has 0 unspecified atom stereocenters. The number of nitrogens with zero attached hydrogens (tertiary/aromatic N) is 3. The number of ether oxygens (including phenoxy) is 1. The van der Waals surface area contributed by atoms with E-state index in [2.05, 4.69) is 14.8 Å². The number of nitrogens with two attached hydrogens (primary N) is 1. The van der Waals surface area contributed by atoms with Crippen molar-refractivity contribution in [1.29, 1.82) is 0 Å². The van der Waals surface area contributed by atoms with Gasteiger partial charge in [0.2, 0.25) is 0 Å². The molecular weight excluding hydrogens is 264 g/mol. The molecule has 21 heavy (non-hydrogen) atoms. The molecule has 0 bridgehead atoms. The third-order valence-electron chi connectivity index (χ3n) is 4.78. The molecule has 0 atom stereocenters. The van der Waals surface area contributed by atoms with Crippen LogP contribution in [0.2, 0.25) is 0 Å². The van der Waals surface area contributed by atoms with Crippen molar-refractivity contribution in [2.75, 3.05) is 18.9 Å². The number of hydrogen-bond donors (Lipinski definition) is 1. The maximum absolute atomic E-state index is 6.16. The quantitative estimate of drug-likeness (QED) is 0.816. The zero-order valence-electron chi connectivity index (χ0n) is 12.1. The second kappa shape index (κ2) is 4.84. The van der Waals surface area contributed by atoms with Crippen LogP contribution in [0.1, 0.15) is 31.5 Å². The molecule has 0 saturated heterocycles. The molecule has 110 valence electrons. The third kappa shape index (κ3) is 1.95. The summed E-state index contributed by atoms with van der Waals surface area (Å²) < 4.78 is 8.21. The van der Waals surface area contributed by atoms with Gasteiger partial charge in [-0.25, -0.2) is 0 Å². The largest absolute Gasteiger partial charge is 0.398 e. The van der Waals surface area contributed by atoms with Crippen molar-refractivity contribution >= 4 is 5.69 Å². The van der Waals surface area contributed by atoms with Gasteiger partial charge in [0.05, 0.1) is 18.8 Å². The molecule has 5 heteroatoms. The number of rotatable bonds is 1. The number of anilines is 1. The van der Waals surface area contributed by atoms with Gasteiger partial charge < -0.3 is 15.0 Å². The Bertz CT molecular complexity index is 658. The lowest BCUT2D eigenvalue weighted by Crippen LogP contribution is -2.35. The van der Waals surface area contributed by atoms with Gasteiger partial charge in [0.1, 0.15) is 5.82 Å². The molecule has 2 aromatic rings. The van der Waals surface area contributed by atoms with E-state index in [-0.39, 0.29) is 5.54 Å². The van der Waals surface area contributed by atoms with Crippen molar-refractivity contribution in [3.63, 3.8) is 0 Å². The SMILES string of the molecule is Nc1ccccc1-c1nnc2n1C1(CCCC1)COCC2. The minimum atomic E-state index is 0.0208. The maximum atomic E-state index is 6.16. The second-order valence-electron chi connectivity index (χ2n) is 6.10. The highest BCUT2D eigenvalue weighted by atomic mass is 16.5. The Morgan fingerprint density at radius 2 is 1.95 bits per heavy atom. The van der Waals surface area contributed by atoms with Crippen LogP contribution in [-0.2, 0) is 16.7 Å². The molecule has 0 amide bonds. The van der Waals surface area contributed by atoms with Crippen LogP contribution in [0.5, 0.6) is 0 Å². The number of hydrogen-bond acceptors (Lipinski definition) is 4. The van der Waals surface area contributed by atoms with Crippen LogP contribution in [-0.4, -0.2) is 28.0 Å². The van der Waals surface area contributed by atoms with Crippen LogP contribution in [0.15, 0.2) is 24.3 Å². The van der Waals surface area contributed by atoms with E-state index in [0.29, 0.717) is 0 Å².